The Labute approximate surface area is 126 Å². The molecule has 0 bridgehead atoms. The first-order valence-corrected chi connectivity index (χ1v) is 7.08. The van der Waals surface area contributed by atoms with Gasteiger partial charge in [-0.2, -0.15) is 5.26 Å². The van der Waals surface area contributed by atoms with E-state index in [1.807, 2.05) is 18.2 Å². The van der Waals surface area contributed by atoms with Gasteiger partial charge >= 0.3 is 5.97 Å². The predicted octanol–water partition coefficient (Wildman–Crippen LogP) is 3.58. The van der Waals surface area contributed by atoms with Crippen LogP contribution in [0.2, 0.25) is 0 Å². The van der Waals surface area contributed by atoms with Gasteiger partial charge in [0.2, 0.25) is 0 Å². The Morgan fingerprint density at radius 3 is 2.52 bits per heavy atom. The zero-order chi connectivity index (χ0) is 15.7. The molecule has 112 valence electrons. The molecule has 0 saturated heterocycles. The SMILES string of the molecule is CCOC(=O)C(C#N)=Cc1ccc(OCCC(C)C)cc1. The summed E-state index contributed by atoms with van der Waals surface area (Å²) in [5.74, 6) is 0.787. The van der Waals surface area contributed by atoms with Gasteiger partial charge in [0.25, 0.3) is 0 Å². The van der Waals surface area contributed by atoms with Crippen molar-refractivity contribution in [2.45, 2.75) is 27.2 Å². The number of ether oxygens (including phenoxy) is 2. The smallest absolute Gasteiger partial charge is 0.348 e. The average molecular weight is 287 g/mol. The van der Waals surface area contributed by atoms with Gasteiger partial charge in [0.1, 0.15) is 17.4 Å². The van der Waals surface area contributed by atoms with Gasteiger partial charge in [-0.15, -0.1) is 0 Å². The average Bonchev–Trinajstić information content (AvgIpc) is 2.46. The fraction of sp³-hybridized carbons (Fsp3) is 0.412. The molecule has 0 fully saturated rings. The maximum atomic E-state index is 11.5. The lowest BCUT2D eigenvalue weighted by molar-refractivity contribution is -0.137. The van der Waals surface area contributed by atoms with Crippen molar-refractivity contribution in [3.05, 3.63) is 35.4 Å². The molecule has 1 aromatic carbocycles. The highest BCUT2D eigenvalue weighted by atomic mass is 16.5. The summed E-state index contributed by atoms with van der Waals surface area (Å²) in [6.07, 6.45) is 2.51. The molecule has 1 rings (SSSR count). The lowest BCUT2D eigenvalue weighted by Crippen LogP contribution is -2.06. The highest BCUT2D eigenvalue weighted by Gasteiger charge is 2.09. The molecule has 0 aliphatic carbocycles. The Kier molecular flexibility index (Phi) is 7.03. The number of carbonyl (C=O) groups is 1. The van der Waals surface area contributed by atoms with E-state index in [4.69, 9.17) is 14.7 Å². The maximum absolute atomic E-state index is 11.5. The Morgan fingerprint density at radius 2 is 2.00 bits per heavy atom. The quantitative estimate of drug-likeness (QED) is 0.437. The minimum atomic E-state index is -0.600. The Balaban J connectivity index is 2.69. The van der Waals surface area contributed by atoms with Crippen LogP contribution >= 0.6 is 0 Å². The van der Waals surface area contributed by atoms with Crippen molar-refractivity contribution in [3.8, 4) is 11.8 Å². The first-order valence-electron chi connectivity index (χ1n) is 7.08. The van der Waals surface area contributed by atoms with Gasteiger partial charge in [0, 0.05) is 0 Å². The van der Waals surface area contributed by atoms with Crippen LogP contribution in [0.5, 0.6) is 5.75 Å². The molecule has 0 unspecified atom stereocenters. The van der Waals surface area contributed by atoms with E-state index in [1.54, 1.807) is 19.1 Å². The number of nitriles is 1. The summed E-state index contributed by atoms with van der Waals surface area (Å²) in [5, 5.41) is 8.96. The van der Waals surface area contributed by atoms with Crippen LogP contribution in [0.15, 0.2) is 29.8 Å². The molecule has 0 saturated carbocycles. The molecule has 0 heterocycles. The van der Waals surface area contributed by atoms with Crippen LogP contribution in [0.4, 0.5) is 0 Å². The van der Waals surface area contributed by atoms with E-state index in [2.05, 4.69) is 13.8 Å². The molecule has 0 aromatic heterocycles. The number of hydrogen-bond acceptors (Lipinski definition) is 4. The van der Waals surface area contributed by atoms with Crippen molar-refractivity contribution < 1.29 is 14.3 Å². The van der Waals surface area contributed by atoms with Crippen LogP contribution in [-0.2, 0) is 9.53 Å². The first-order chi connectivity index (χ1) is 10.1. The summed E-state index contributed by atoms with van der Waals surface area (Å²) >= 11 is 0. The monoisotopic (exact) mass is 287 g/mol. The number of benzene rings is 1. The zero-order valence-electron chi connectivity index (χ0n) is 12.8. The van der Waals surface area contributed by atoms with Gasteiger partial charge in [-0.1, -0.05) is 26.0 Å². The number of nitrogens with zero attached hydrogens (tertiary/aromatic N) is 1. The van der Waals surface area contributed by atoms with Crippen molar-refractivity contribution in [3.63, 3.8) is 0 Å². The summed E-state index contributed by atoms with van der Waals surface area (Å²) in [5.41, 5.74) is 0.751. The molecule has 0 spiro atoms. The van der Waals surface area contributed by atoms with Gasteiger partial charge in [-0.05, 0) is 43.0 Å². The van der Waals surface area contributed by atoms with Crippen LogP contribution in [0.25, 0.3) is 6.08 Å². The third kappa shape index (κ3) is 6.13. The summed E-state index contributed by atoms with van der Waals surface area (Å²) in [7, 11) is 0. The lowest BCUT2D eigenvalue weighted by atomic mass is 10.1. The Hall–Kier alpha value is -2.28. The highest BCUT2D eigenvalue weighted by molar-refractivity contribution is 5.97. The molecule has 4 nitrogen and oxygen atoms in total. The number of carbonyl (C=O) groups excluding carboxylic acids is 1. The number of rotatable bonds is 7. The second-order valence-corrected chi connectivity index (χ2v) is 4.99. The molecule has 1 aromatic rings. The topological polar surface area (TPSA) is 59.3 Å². The van der Waals surface area contributed by atoms with Crippen molar-refractivity contribution in [2.75, 3.05) is 13.2 Å². The van der Waals surface area contributed by atoms with E-state index in [-0.39, 0.29) is 12.2 Å². The minimum absolute atomic E-state index is 0.00896. The van der Waals surface area contributed by atoms with Crippen LogP contribution in [0.3, 0.4) is 0 Å². The lowest BCUT2D eigenvalue weighted by Gasteiger charge is -2.08. The second kappa shape index (κ2) is 8.80. The van der Waals surface area contributed by atoms with E-state index >= 15 is 0 Å². The summed E-state index contributed by atoms with van der Waals surface area (Å²) < 4.78 is 10.4. The van der Waals surface area contributed by atoms with Crippen molar-refractivity contribution in [1.82, 2.24) is 0 Å². The van der Waals surface area contributed by atoms with Crippen LogP contribution in [0, 0.1) is 17.2 Å². The minimum Gasteiger partial charge on any atom is -0.494 e. The highest BCUT2D eigenvalue weighted by Crippen LogP contribution is 2.15. The van der Waals surface area contributed by atoms with Crippen LogP contribution in [-0.4, -0.2) is 19.2 Å². The van der Waals surface area contributed by atoms with E-state index in [0.29, 0.717) is 12.5 Å². The normalized spacial score (nSPS) is 11.1. The van der Waals surface area contributed by atoms with E-state index < -0.39 is 5.97 Å². The summed E-state index contributed by atoms with van der Waals surface area (Å²) in [6, 6.07) is 9.12. The van der Waals surface area contributed by atoms with E-state index in [1.165, 1.54) is 6.08 Å². The standard InChI is InChI=1S/C17H21NO3/c1-4-20-17(19)15(12-18)11-14-5-7-16(8-6-14)21-10-9-13(2)3/h5-8,11,13H,4,9-10H2,1-3H3. The number of esters is 1. The van der Waals surface area contributed by atoms with Crippen LogP contribution < -0.4 is 4.74 Å². The first kappa shape index (κ1) is 16.8. The van der Waals surface area contributed by atoms with Crippen molar-refractivity contribution in [2.24, 2.45) is 5.92 Å². The molecule has 0 radical (unpaired) electrons. The summed E-state index contributed by atoms with van der Waals surface area (Å²) in [6.45, 7) is 6.93. The van der Waals surface area contributed by atoms with Crippen LogP contribution in [0.1, 0.15) is 32.8 Å². The molecule has 0 N–H and O–H groups in total. The fourth-order valence-corrected chi connectivity index (χ4v) is 1.59. The number of hydrogen-bond donors (Lipinski definition) is 0. The van der Waals surface area contributed by atoms with E-state index in [9.17, 15) is 4.79 Å². The zero-order valence-corrected chi connectivity index (χ0v) is 12.8. The molecule has 0 amide bonds. The van der Waals surface area contributed by atoms with Gasteiger partial charge in [0.15, 0.2) is 0 Å². The van der Waals surface area contributed by atoms with Gasteiger partial charge in [-0.3, -0.25) is 0 Å². The maximum Gasteiger partial charge on any atom is 0.348 e. The molecule has 4 heteroatoms. The molecule has 0 aliphatic rings. The largest absolute Gasteiger partial charge is 0.494 e. The predicted molar refractivity (Wildman–Crippen MR) is 81.6 cm³/mol. The van der Waals surface area contributed by atoms with Crippen molar-refractivity contribution >= 4 is 12.0 Å². The summed E-state index contributed by atoms with van der Waals surface area (Å²) in [4.78, 5) is 11.5. The van der Waals surface area contributed by atoms with Gasteiger partial charge in [-0.25, -0.2) is 4.79 Å². The Bertz CT molecular complexity index is 524. The van der Waals surface area contributed by atoms with Gasteiger partial charge < -0.3 is 9.47 Å². The third-order valence-electron chi connectivity index (χ3n) is 2.77. The molecular weight excluding hydrogens is 266 g/mol. The third-order valence-corrected chi connectivity index (χ3v) is 2.77. The molecule has 21 heavy (non-hydrogen) atoms. The molecule has 0 atom stereocenters. The fourth-order valence-electron chi connectivity index (χ4n) is 1.59. The second-order valence-electron chi connectivity index (χ2n) is 4.99. The Morgan fingerprint density at radius 1 is 1.33 bits per heavy atom. The van der Waals surface area contributed by atoms with Crippen molar-refractivity contribution in [1.29, 1.82) is 5.26 Å². The van der Waals surface area contributed by atoms with Gasteiger partial charge in [0.05, 0.1) is 13.2 Å². The molecule has 0 aliphatic heterocycles. The van der Waals surface area contributed by atoms with E-state index in [0.717, 1.165) is 17.7 Å². The molecular formula is C17H21NO3.